The van der Waals surface area contributed by atoms with Gasteiger partial charge in [0.1, 0.15) is 16.5 Å². The third kappa shape index (κ3) is 5.48. The summed E-state index contributed by atoms with van der Waals surface area (Å²) in [5.74, 6) is -0.420. The van der Waals surface area contributed by atoms with E-state index in [-0.39, 0.29) is 11.0 Å². The molecule has 3 aromatic heterocycles. The Kier molecular flexibility index (Phi) is 7.20. The number of fused-ring (bicyclic) bond motifs is 1. The zero-order valence-corrected chi connectivity index (χ0v) is 19.5. The molecule has 0 saturated heterocycles. The number of hydrogen-bond acceptors (Lipinski definition) is 6. The molecular weight excluding hydrogens is 460 g/mol. The molecule has 0 radical (unpaired) electrons. The second kappa shape index (κ2) is 10.3. The summed E-state index contributed by atoms with van der Waals surface area (Å²) < 4.78 is 1.80. The van der Waals surface area contributed by atoms with Gasteiger partial charge in [0.15, 0.2) is 0 Å². The van der Waals surface area contributed by atoms with Crippen molar-refractivity contribution in [2.75, 3.05) is 6.54 Å². The molecule has 3 heterocycles. The zero-order chi connectivity index (χ0) is 23.4. The largest absolute Gasteiger partial charge is 0.385 e. The molecule has 1 amide bonds. The van der Waals surface area contributed by atoms with Crippen molar-refractivity contribution in [2.45, 2.75) is 19.2 Å². The topological polar surface area (TPSA) is 96.2 Å². The van der Waals surface area contributed by atoms with Gasteiger partial charge in [0.05, 0.1) is 11.1 Å². The monoisotopic (exact) mass is 482 g/mol. The van der Waals surface area contributed by atoms with Crippen LogP contribution in [-0.2, 0) is 20.1 Å². The minimum Gasteiger partial charge on any atom is -0.385 e. The smallest absolute Gasteiger partial charge is 0.257 e. The van der Waals surface area contributed by atoms with Gasteiger partial charge in [-0.1, -0.05) is 29.8 Å². The number of benzene rings is 1. The fourth-order valence-corrected chi connectivity index (χ4v) is 4.63. The Morgan fingerprint density at radius 1 is 1.21 bits per heavy atom. The number of aliphatic hydroxyl groups is 1. The van der Waals surface area contributed by atoms with Crippen molar-refractivity contribution < 1.29 is 9.90 Å². The van der Waals surface area contributed by atoms with E-state index < -0.39 is 12.0 Å². The molecule has 0 bridgehead atoms. The van der Waals surface area contributed by atoms with Crippen molar-refractivity contribution in [3.05, 3.63) is 97.9 Å². The number of amides is 1. The maximum atomic E-state index is 13.0. The standard InChI is InChI=1S/C24H23ClN4O3S/c1-29-14-19(23(32)28-11-15-5-7-16(25)8-6-15)22(31)18-10-17(33-24(18)29)12-26-13-21(30)20-4-2-3-9-27-20/h2-10,14,21,26,30H,11-13H2,1H3,(H,28,32). The average Bonchev–Trinajstić information content (AvgIpc) is 3.26. The molecule has 4 aromatic rings. The normalized spacial score (nSPS) is 12.1. The second-order valence-electron chi connectivity index (χ2n) is 7.62. The van der Waals surface area contributed by atoms with Crippen LogP contribution in [-0.4, -0.2) is 27.1 Å². The summed E-state index contributed by atoms with van der Waals surface area (Å²) >= 11 is 7.37. The van der Waals surface area contributed by atoms with Crippen molar-refractivity contribution in [2.24, 2.45) is 7.05 Å². The van der Waals surface area contributed by atoms with Crippen LogP contribution in [0.2, 0.25) is 5.02 Å². The van der Waals surface area contributed by atoms with Crippen molar-refractivity contribution >= 4 is 39.1 Å². The van der Waals surface area contributed by atoms with E-state index in [1.165, 1.54) is 11.3 Å². The maximum absolute atomic E-state index is 13.0. The molecule has 1 unspecified atom stereocenters. The molecule has 7 nitrogen and oxygen atoms in total. The van der Waals surface area contributed by atoms with Crippen LogP contribution < -0.4 is 16.1 Å². The van der Waals surface area contributed by atoms with Crippen LogP contribution in [0.15, 0.2) is 65.7 Å². The Hall–Kier alpha value is -3.04. The minimum absolute atomic E-state index is 0.0989. The Bertz CT molecular complexity index is 1320. The number of pyridine rings is 2. The van der Waals surface area contributed by atoms with E-state index in [0.717, 1.165) is 15.3 Å². The van der Waals surface area contributed by atoms with Gasteiger partial charge in [0, 0.05) is 49.0 Å². The van der Waals surface area contributed by atoms with E-state index in [0.29, 0.717) is 35.7 Å². The number of halogens is 1. The molecule has 1 aromatic carbocycles. The van der Waals surface area contributed by atoms with Gasteiger partial charge in [-0.05, 0) is 35.9 Å². The number of aromatic nitrogens is 2. The SMILES string of the molecule is Cn1cc(C(=O)NCc2ccc(Cl)cc2)c(=O)c2cc(CNCC(O)c3ccccn3)sc21. The van der Waals surface area contributed by atoms with Crippen molar-refractivity contribution in [3.63, 3.8) is 0 Å². The third-order valence-corrected chi connectivity index (χ3v) is 6.65. The molecule has 4 rings (SSSR count). The number of nitrogens with zero attached hydrogens (tertiary/aromatic N) is 2. The lowest BCUT2D eigenvalue weighted by Crippen LogP contribution is -2.29. The average molecular weight is 483 g/mol. The summed E-state index contributed by atoms with van der Waals surface area (Å²) in [5, 5.41) is 17.4. The highest BCUT2D eigenvalue weighted by Crippen LogP contribution is 2.23. The van der Waals surface area contributed by atoms with Gasteiger partial charge in [-0.15, -0.1) is 11.3 Å². The summed E-state index contributed by atoms with van der Waals surface area (Å²) in [6.45, 7) is 1.12. The van der Waals surface area contributed by atoms with Crippen LogP contribution in [0.1, 0.15) is 32.6 Å². The summed E-state index contributed by atoms with van der Waals surface area (Å²) in [6, 6.07) is 14.4. The highest BCUT2D eigenvalue weighted by molar-refractivity contribution is 7.18. The Balaban J connectivity index is 1.44. The lowest BCUT2D eigenvalue weighted by atomic mass is 10.2. The van der Waals surface area contributed by atoms with Crippen LogP contribution in [0.5, 0.6) is 0 Å². The number of carbonyl (C=O) groups is 1. The first-order chi connectivity index (χ1) is 15.9. The molecule has 170 valence electrons. The molecule has 0 aliphatic carbocycles. The lowest BCUT2D eigenvalue weighted by Gasteiger charge is -2.10. The molecule has 0 fully saturated rings. The predicted molar refractivity (Wildman–Crippen MR) is 131 cm³/mol. The van der Waals surface area contributed by atoms with E-state index in [4.69, 9.17) is 11.6 Å². The quantitative estimate of drug-likeness (QED) is 0.357. The van der Waals surface area contributed by atoms with Gasteiger partial charge in [-0.25, -0.2) is 0 Å². The van der Waals surface area contributed by atoms with E-state index >= 15 is 0 Å². The van der Waals surface area contributed by atoms with Gasteiger partial charge < -0.3 is 20.3 Å². The number of thiophene rings is 1. The summed E-state index contributed by atoms with van der Waals surface area (Å²) in [6.07, 6.45) is 2.49. The van der Waals surface area contributed by atoms with Crippen molar-refractivity contribution in [3.8, 4) is 0 Å². The number of nitrogens with one attached hydrogen (secondary N) is 2. The van der Waals surface area contributed by atoms with Gasteiger partial charge in [-0.2, -0.15) is 0 Å². The number of aliphatic hydroxyl groups excluding tert-OH is 1. The lowest BCUT2D eigenvalue weighted by molar-refractivity contribution is 0.0949. The summed E-state index contributed by atoms with van der Waals surface area (Å²) in [7, 11) is 1.82. The van der Waals surface area contributed by atoms with Crippen molar-refractivity contribution in [1.82, 2.24) is 20.2 Å². The molecule has 3 N–H and O–H groups in total. The molecule has 0 aliphatic heterocycles. The van der Waals surface area contributed by atoms with E-state index in [1.54, 1.807) is 47.3 Å². The molecule has 0 aliphatic rings. The first-order valence-corrected chi connectivity index (χ1v) is 11.6. The highest BCUT2D eigenvalue weighted by atomic mass is 35.5. The Morgan fingerprint density at radius 2 is 2.00 bits per heavy atom. The Labute approximate surface area is 199 Å². The predicted octanol–water partition coefficient (Wildman–Crippen LogP) is 3.40. The maximum Gasteiger partial charge on any atom is 0.257 e. The second-order valence-corrected chi connectivity index (χ2v) is 9.18. The van der Waals surface area contributed by atoms with Crippen LogP contribution in [0, 0.1) is 0 Å². The zero-order valence-electron chi connectivity index (χ0n) is 17.9. The minimum atomic E-state index is -0.720. The fourth-order valence-electron chi connectivity index (χ4n) is 3.45. The first kappa shape index (κ1) is 23.1. The van der Waals surface area contributed by atoms with Gasteiger partial charge in [0.25, 0.3) is 5.91 Å². The first-order valence-electron chi connectivity index (χ1n) is 10.4. The highest BCUT2D eigenvalue weighted by Gasteiger charge is 2.17. The van der Waals surface area contributed by atoms with Gasteiger partial charge >= 0.3 is 0 Å². The van der Waals surface area contributed by atoms with Crippen molar-refractivity contribution in [1.29, 1.82) is 0 Å². The van der Waals surface area contributed by atoms with Crippen LogP contribution >= 0.6 is 22.9 Å². The molecule has 33 heavy (non-hydrogen) atoms. The Morgan fingerprint density at radius 3 is 2.73 bits per heavy atom. The number of aryl methyl sites for hydroxylation is 1. The van der Waals surface area contributed by atoms with E-state index in [2.05, 4.69) is 15.6 Å². The number of rotatable bonds is 8. The summed E-state index contributed by atoms with van der Waals surface area (Å²) in [4.78, 5) is 31.6. The van der Waals surface area contributed by atoms with Crippen LogP contribution in [0.4, 0.5) is 0 Å². The van der Waals surface area contributed by atoms with Crippen LogP contribution in [0.25, 0.3) is 10.2 Å². The fraction of sp³-hybridized carbons (Fsp3) is 0.208. The molecule has 0 saturated carbocycles. The molecule has 0 spiro atoms. The van der Waals surface area contributed by atoms with Gasteiger partial charge in [0.2, 0.25) is 5.43 Å². The summed E-state index contributed by atoms with van der Waals surface area (Å²) in [5.41, 5.74) is 1.29. The van der Waals surface area contributed by atoms with E-state index in [1.807, 2.05) is 25.2 Å². The number of hydrogen-bond donors (Lipinski definition) is 3. The number of carbonyl (C=O) groups excluding carboxylic acids is 1. The van der Waals surface area contributed by atoms with E-state index in [9.17, 15) is 14.7 Å². The van der Waals surface area contributed by atoms with Gasteiger partial charge in [-0.3, -0.25) is 14.6 Å². The third-order valence-electron chi connectivity index (χ3n) is 5.17. The molecular formula is C24H23ClN4O3S. The molecule has 1 atom stereocenters. The molecule has 9 heteroatoms. The van der Waals surface area contributed by atoms with Crippen LogP contribution in [0.3, 0.4) is 0 Å².